The fourth-order valence-electron chi connectivity index (χ4n) is 2.04. The van der Waals surface area contributed by atoms with Gasteiger partial charge in [-0.15, -0.1) is 0 Å². The van der Waals surface area contributed by atoms with Crippen LogP contribution in [0.2, 0.25) is 0 Å². The molecule has 0 aromatic heterocycles. The molecule has 0 aliphatic carbocycles. The Bertz CT molecular complexity index is 290. The number of rotatable bonds is 8. The second-order valence-corrected chi connectivity index (χ2v) is 4.97. The Morgan fingerprint density at radius 1 is 1.37 bits per heavy atom. The van der Waals surface area contributed by atoms with E-state index in [1.807, 2.05) is 6.92 Å². The number of aliphatic carboxylic acids is 1. The Kier molecular flexibility index (Phi) is 7.43. The number of hydrogen-bond donors (Lipinski definition) is 3. The molecule has 1 rings (SSSR count). The van der Waals surface area contributed by atoms with E-state index in [0.717, 1.165) is 25.9 Å². The monoisotopic (exact) mass is 272 g/mol. The molecule has 1 atom stereocenters. The smallest absolute Gasteiger partial charge is 0.303 e. The van der Waals surface area contributed by atoms with Gasteiger partial charge in [-0.05, 0) is 39.3 Å². The summed E-state index contributed by atoms with van der Waals surface area (Å²) < 4.78 is 5.64. The Morgan fingerprint density at radius 2 is 2.05 bits per heavy atom. The first-order valence-corrected chi connectivity index (χ1v) is 6.91. The predicted octanol–water partition coefficient (Wildman–Crippen LogP) is 0.515. The quantitative estimate of drug-likeness (QED) is 0.599. The molecule has 1 amide bonds. The van der Waals surface area contributed by atoms with Crippen molar-refractivity contribution in [1.29, 1.82) is 0 Å². The van der Waals surface area contributed by atoms with Gasteiger partial charge in [0.15, 0.2) is 0 Å². The molecule has 1 heterocycles. The van der Waals surface area contributed by atoms with E-state index in [-0.39, 0.29) is 24.5 Å². The van der Waals surface area contributed by atoms with Gasteiger partial charge in [-0.3, -0.25) is 9.59 Å². The lowest BCUT2D eigenvalue weighted by Gasteiger charge is -2.23. The highest BCUT2D eigenvalue weighted by atomic mass is 16.5. The van der Waals surface area contributed by atoms with Crippen molar-refractivity contribution in [2.45, 2.75) is 51.2 Å². The largest absolute Gasteiger partial charge is 0.481 e. The van der Waals surface area contributed by atoms with Gasteiger partial charge in [0.05, 0.1) is 12.7 Å². The van der Waals surface area contributed by atoms with Crippen LogP contribution >= 0.6 is 0 Å². The van der Waals surface area contributed by atoms with Crippen molar-refractivity contribution >= 4 is 11.9 Å². The van der Waals surface area contributed by atoms with Gasteiger partial charge in [-0.25, -0.2) is 0 Å². The molecule has 6 heteroatoms. The molecule has 0 bridgehead atoms. The van der Waals surface area contributed by atoms with Gasteiger partial charge in [-0.1, -0.05) is 0 Å². The van der Waals surface area contributed by atoms with Crippen LogP contribution in [0.5, 0.6) is 0 Å². The van der Waals surface area contributed by atoms with Gasteiger partial charge in [0.25, 0.3) is 0 Å². The van der Waals surface area contributed by atoms with Crippen molar-refractivity contribution in [2.75, 3.05) is 19.7 Å². The molecule has 6 nitrogen and oxygen atoms in total. The second kappa shape index (κ2) is 8.87. The van der Waals surface area contributed by atoms with Crippen LogP contribution in [-0.2, 0) is 14.3 Å². The van der Waals surface area contributed by atoms with Crippen LogP contribution < -0.4 is 10.6 Å². The molecular weight excluding hydrogens is 248 g/mol. The van der Waals surface area contributed by atoms with Crippen molar-refractivity contribution in [3.8, 4) is 0 Å². The number of amides is 1. The minimum atomic E-state index is -0.838. The summed E-state index contributed by atoms with van der Waals surface area (Å²) in [6.45, 7) is 4.20. The first-order chi connectivity index (χ1) is 9.08. The lowest BCUT2D eigenvalue weighted by molar-refractivity contribution is -0.137. The molecule has 19 heavy (non-hydrogen) atoms. The SMILES string of the molecule is CC(CCC(=O)O)NC(=O)CCOC1CCNCC1. The summed E-state index contributed by atoms with van der Waals surface area (Å²) >= 11 is 0. The fraction of sp³-hybridized carbons (Fsp3) is 0.846. The van der Waals surface area contributed by atoms with E-state index in [2.05, 4.69) is 10.6 Å². The molecule has 1 fully saturated rings. The second-order valence-electron chi connectivity index (χ2n) is 4.97. The Labute approximate surface area is 113 Å². The Morgan fingerprint density at radius 3 is 2.68 bits per heavy atom. The molecule has 0 spiro atoms. The summed E-state index contributed by atoms with van der Waals surface area (Å²) in [5.41, 5.74) is 0. The van der Waals surface area contributed by atoms with E-state index in [4.69, 9.17) is 9.84 Å². The van der Waals surface area contributed by atoms with E-state index < -0.39 is 5.97 Å². The van der Waals surface area contributed by atoms with Gasteiger partial charge in [0.1, 0.15) is 0 Å². The molecule has 0 aromatic rings. The van der Waals surface area contributed by atoms with Crippen LogP contribution in [0.15, 0.2) is 0 Å². The topological polar surface area (TPSA) is 87.7 Å². The van der Waals surface area contributed by atoms with Gasteiger partial charge in [-0.2, -0.15) is 0 Å². The Balaban J connectivity index is 2.04. The highest BCUT2D eigenvalue weighted by Gasteiger charge is 2.14. The van der Waals surface area contributed by atoms with E-state index in [9.17, 15) is 9.59 Å². The molecule has 0 saturated carbocycles. The summed E-state index contributed by atoms with van der Waals surface area (Å²) in [6, 6.07) is -0.109. The van der Waals surface area contributed by atoms with Crippen LogP contribution in [0, 0.1) is 0 Å². The van der Waals surface area contributed by atoms with E-state index >= 15 is 0 Å². The summed E-state index contributed by atoms with van der Waals surface area (Å²) in [4.78, 5) is 22.0. The van der Waals surface area contributed by atoms with Crippen LogP contribution in [0.4, 0.5) is 0 Å². The van der Waals surface area contributed by atoms with Crippen molar-refractivity contribution in [3.05, 3.63) is 0 Å². The predicted molar refractivity (Wildman–Crippen MR) is 70.9 cm³/mol. The van der Waals surface area contributed by atoms with Gasteiger partial charge in [0.2, 0.25) is 5.91 Å². The maximum Gasteiger partial charge on any atom is 0.303 e. The maximum absolute atomic E-state index is 11.6. The average molecular weight is 272 g/mol. The number of carboxylic acid groups (broad SMARTS) is 1. The normalized spacial score (nSPS) is 17.9. The minimum absolute atomic E-state index is 0.0764. The van der Waals surface area contributed by atoms with Gasteiger partial charge in [0, 0.05) is 18.9 Å². The zero-order valence-corrected chi connectivity index (χ0v) is 11.5. The Hall–Kier alpha value is -1.14. The number of nitrogens with one attached hydrogen (secondary N) is 2. The minimum Gasteiger partial charge on any atom is -0.481 e. The van der Waals surface area contributed by atoms with Crippen LogP contribution in [0.3, 0.4) is 0 Å². The number of carboxylic acids is 1. The number of ether oxygens (including phenoxy) is 1. The van der Waals surface area contributed by atoms with Crippen molar-refractivity contribution in [1.82, 2.24) is 10.6 Å². The van der Waals surface area contributed by atoms with Crippen molar-refractivity contribution < 1.29 is 19.4 Å². The third-order valence-electron chi connectivity index (χ3n) is 3.17. The highest BCUT2D eigenvalue weighted by molar-refractivity contribution is 5.76. The molecule has 1 aliphatic rings. The highest BCUT2D eigenvalue weighted by Crippen LogP contribution is 2.07. The third-order valence-corrected chi connectivity index (χ3v) is 3.17. The van der Waals surface area contributed by atoms with Crippen molar-refractivity contribution in [3.63, 3.8) is 0 Å². The van der Waals surface area contributed by atoms with Gasteiger partial charge >= 0.3 is 5.97 Å². The van der Waals surface area contributed by atoms with Gasteiger partial charge < -0.3 is 20.5 Å². The summed E-state index contributed by atoms with van der Waals surface area (Å²) in [7, 11) is 0. The molecule has 110 valence electrons. The number of hydrogen-bond acceptors (Lipinski definition) is 4. The molecule has 1 unspecified atom stereocenters. The third kappa shape index (κ3) is 7.79. The summed E-state index contributed by atoms with van der Waals surface area (Å²) in [6.07, 6.45) is 3.12. The molecule has 3 N–H and O–H groups in total. The first kappa shape index (κ1) is 15.9. The van der Waals surface area contributed by atoms with Crippen LogP contribution in [-0.4, -0.2) is 48.8 Å². The van der Waals surface area contributed by atoms with Crippen molar-refractivity contribution in [2.24, 2.45) is 0 Å². The molecule has 0 radical (unpaired) electrons. The van der Waals surface area contributed by atoms with E-state index in [0.29, 0.717) is 19.4 Å². The number of carbonyl (C=O) groups is 2. The summed E-state index contributed by atoms with van der Waals surface area (Å²) in [5, 5.41) is 14.6. The lowest BCUT2D eigenvalue weighted by atomic mass is 10.1. The van der Waals surface area contributed by atoms with Crippen LogP contribution in [0.1, 0.15) is 39.0 Å². The maximum atomic E-state index is 11.6. The lowest BCUT2D eigenvalue weighted by Crippen LogP contribution is -2.35. The molecule has 0 aromatic carbocycles. The van der Waals surface area contributed by atoms with Crippen LogP contribution in [0.25, 0.3) is 0 Å². The average Bonchev–Trinajstić information content (AvgIpc) is 2.37. The fourth-order valence-corrected chi connectivity index (χ4v) is 2.04. The standard InChI is InChI=1S/C13H24N2O4/c1-10(2-3-13(17)18)15-12(16)6-9-19-11-4-7-14-8-5-11/h10-11,14H,2-9H2,1H3,(H,15,16)(H,17,18). The van der Waals surface area contributed by atoms with E-state index in [1.54, 1.807) is 0 Å². The summed E-state index contributed by atoms with van der Waals surface area (Å²) in [5.74, 6) is -0.915. The van der Waals surface area contributed by atoms with E-state index in [1.165, 1.54) is 0 Å². The number of carbonyl (C=O) groups excluding carboxylic acids is 1. The molecule has 1 aliphatic heterocycles. The molecular formula is C13H24N2O4. The number of piperidine rings is 1. The zero-order chi connectivity index (χ0) is 14.1. The molecule has 1 saturated heterocycles. The first-order valence-electron chi connectivity index (χ1n) is 6.91. The zero-order valence-electron chi connectivity index (χ0n) is 11.5.